The molecule has 0 aliphatic rings. The van der Waals surface area contributed by atoms with Crippen molar-refractivity contribution in [3.8, 4) is 0 Å². The maximum atomic E-state index is 13.0. The number of nitrogens with one attached hydrogen (secondary N) is 1. The number of pyridine rings is 1. The molecule has 2 aromatic rings. The standard InChI is InChI=1S/C15H12ClF3N2O/c1-9(8-22)13-5-3-11(7-20-13)21-14-4-2-10(16)6-12(14)15(17,18)19/h2-9,21H,1H3. The predicted molar refractivity (Wildman–Crippen MR) is 78.5 cm³/mol. The molecule has 1 N–H and O–H groups in total. The molecule has 1 atom stereocenters. The Bertz CT molecular complexity index is 671. The summed E-state index contributed by atoms with van der Waals surface area (Å²) >= 11 is 5.62. The normalized spacial score (nSPS) is 12.8. The Morgan fingerprint density at radius 1 is 1.27 bits per heavy atom. The Morgan fingerprint density at radius 2 is 2.00 bits per heavy atom. The van der Waals surface area contributed by atoms with E-state index in [-0.39, 0.29) is 16.6 Å². The van der Waals surface area contributed by atoms with Gasteiger partial charge in [0.1, 0.15) is 6.29 Å². The van der Waals surface area contributed by atoms with E-state index in [0.717, 1.165) is 12.4 Å². The van der Waals surface area contributed by atoms with Crippen LogP contribution in [-0.2, 0) is 11.0 Å². The summed E-state index contributed by atoms with van der Waals surface area (Å²) in [6, 6.07) is 6.64. The first-order valence-corrected chi connectivity index (χ1v) is 6.74. The molecule has 0 aliphatic heterocycles. The molecule has 22 heavy (non-hydrogen) atoms. The average molecular weight is 329 g/mol. The smallest absolute Gasteiger partial charge is 0.354 e. The third-order valence-electron chi connectivity index (χ3n) is 3.02. The number of alkyl halides is 3. The zero-order valence-corrected chi connectivity index (χ0v) is 12.2. The molecule has 0 radical (unpaired) electrons. The van der Waals surface area contributed by atoms with E-state index in [1.54, 1.807) is 19.1 Å². The first-order chi connectivity index (χ1) is 10.3. The molecule has 0 bridgehead atoms. The zero-order chi connectivity index (χ0) is 16.3. The van der Waals surface area contributed by atoms with Crippen molar-refractivity contribution in [1.29, 1.82) is 0 Å². The lowest BCUT2D eigenvalue weighted by molar-refractivity contribution is -0.136. The highest BCUT2D eigenvalue weighted by molar-refractivity contribution is 6.30. The topological polar surface area (TPSA) is 42.0 Å². The van der Waals surface area contributed by atoms with Gasteiger partial charge in [-0.25, -0.2) is 0 Å². The van der Waals surface area contributed by atoms with E-state index >= 15 is 0 Å². The second-order valence-electron chi connectivity index (χ2n) is 4.71. The van der Waals surface area contributed by atoms with Gasteiger partial charge in [-0.2, -0.15) is 13.2 Å². The van der Waals surface area contributed by atoms with Crippen molar-refractivity contribution in [2.45, 2.75) is 19.0 Å². The Kier molecular flexibility index (Phi) is 4.71. The van der Waals surface area contributed by atoms with Gasteiger partial charge in [0.15, 0.2) is 0 Å². The summed E-state index contributed by atoms with van der Waals surface area (Å²) in [5.74, 6) is -0.365. The molecule has 0 aliphatic carbocycles. The highest BCUT2D eigenvalue weighted by atomic mass is 35.5. The van der Waals surface area contributed by atoms with Gasteiger partial charge < -0.3 is 10.1 Å². The van der Waals surface area contributed by atoms with E-state index in [1.165, 1.54) is 18.3 Å². The number of nitrogens with zero attached hydrogens (tertiary/aromatic N) is 1. The first-order valence-electron chi connectivity index (χ1n) is 6.36. The second-order valence-corrected chi connectivity index (χ2v) is 5.15. The molecule has 1 aromatic heterocycles. The minimum atomic E-state index is -4.52. The van der Waals surface area contributed by atoms with E-state index in [2.05, 4.69) is 10.3 Å². The molecule has 0 saturated carbocycles. The zero-order valence-electron chi connectivity index (χ0n) is 11.5. The van der Waals surface area contributed by atoms with Crippen molar-refractivity contribution in [1.82, 2.24) is 4.98 Å². The number of aldehydes is 1. The number of anilines is 2. The Hall–Kier alpha value is -2.08. The minimum absolute atomic E-state index is 0.00570. The number of halogens is 4. The molecule has 0 spiro atoms. The van der Waals surface area contributed by atoms with Gasteiger partial charge >= 0.3 is 6.18 Å². The number of hydrogen-bond donors (Lipinski definition) is 1. The van der Waals surface area contributed by atoms with E-state index in [1.807, 2.05) is 0 Å². The Morgan fingerprint density at radius 3 is 2.55 bits per heavy atom. The highest BCUT2D eigenvalue weighted by Gasteiger charge is 2.33. The molecular weight excluding hydrogens is 317 g/mol. The molecular formula is C15H12ClF3N2O. The van der Waals surface area contributed by atoms with Crippen LogP contribution in [0.2, 0.25) is 5.02 Å². The summed E-state index contributed by atoms with van der Waals surface area (Å²) in [6.07, 6.45) is -2.40. The van der Waals surface area contributed by atoms with Crippen LogP contribution in [0.5, 0.6) is 0 Å². The van der Waals surface area contributed by atoms with Crippen molar-refractivity contribution >= 4 is 29.3 Å². The van der Waals surface area contributed by atoms with Crippen LogP contribution in [0.4, 0.5) is 24.5 Å². The lowest BCUT2D eigenvalue weighted by Crippen LogP contribution is -2.09. The summed E-state index contributed by atoms with van der Waals surface area (Å²) in [5.41, 5.74) is -0.0393. The van der Waals surface area contributed by atoms with Gasteiger partial charge in [-0.05, 0) is 30.3 Å². The molecule has 7 heteroatoms. The molecule has 0 saturated heterocycles. The Balaban J connectivity index is 2.29. The van der Waals surface area contributed by atoms with Crippen LogP contribution in [0, 0.1) is 0 Å². The van der Waals surface area contributed by atoms with Crippen molar-refractivity contribution in [2.75, 3.05) is 5.32 Å². The van der Waals surface area contributed by atoms with Gasteiger partial charge in [0.25, 0.3) is 0 Å². The number of rotatable bonds is 4. The van der Waals surface area contributed by atoms with Gasteiger partial charge in [0.05, 0.1) is 34.7 Å². The lowest BCUT2D eigenvalue weighted by Gasteiger charge is -2.15. The lowest BCUT2D eigenvalue weighted by atomic mass is 10.1. The third kappa shape index (κ3) is 3.76. The molecule has 1 heterocycles. The molecule has 0 fully saturated rings. The predicted octanol–water partition coefficient (Wildman–Crippen LogP) is 4.80. The summed E-state index contributed by atoms with van der Waals surface area (Å²) in [5, 5.41) is 2.67. The van der Waals surface area contributed by atoms with E-state index < -0.39 is 11.7 Å². The van der Waals surface area contributed by atoms with E-state index in [0.29, 0.717) is 11.4 Å². The number of hydrogen-bond acceptors (Lipinski definition) is 3. The molecule has 0 amide bonds. The minimum Gasteiger partial charge on any atom is -0.354 e. The van der Waals surface area contributed by atoms with Gasteiger partial charge in [-0.1, -0.05) is 18.5 Å². The van der Waals surface area contributed by atoms with Crippen molar-refractivity contribution in [2.24, 2.45) is 0 Å². The fourth-order valence-corrected chi connectivity index (χ4v) is 2.01. The number of benzene rings is 1. The number of carbonyl (C=O) groups excluding carboxylic acids is 1. The average Bonchev–Trinajstić information content (AvgIpc) is 2.48. The van der Waals surface area contributed by atoms with Crippen molar-refractivity contribution in [3.63, 3.8) is 0 Å². The monoisotopic (exact) mass is 328 g/mol. The first kappa shape index (κ1) is 16.3. The summed E-state index contributed by atoms with van der Waals surface area (Å²) in [4.78, 5) is 14.7. The van der Waals surface area contributed by atoms with Crippen LogP contribution in [0.15, 0.2) is 36.5 Å². The van der Waals surface area contributed by atoms with Gasteiger partial charge in [0.2, 0.25) is 0 Å². The molecule has 116 valence electrons. The largest absolute Gasteiger partial charge is 0.418 e. The van der Waals surface area contributed by atoms with Crippen molar-refractivity contribution < 1.29 is 18.0 Å². The second kappa shape index (κ2) is 6.36. The van der Waals surface area contributed by atoms with Crippen LogP contribution < -0.4 is 5.32 Å². The van der Waals surface area contributed by atoms with Gasteiger partial charge in [-0.15, -0.1) is 0 Å². The summed E-state index contributed by atoms with van der Waals surface area (Å²) in [6.45, 7) is 1.68. The number of carbonyl (C=O) groups is 1. The maximum absolute atomic E-state index is 13.0. The number of aromatic nitrogens is 1. The third-order valence-corrected chi connectivity index (χ3v) is 3.26. The van der Waals surface area contributed by atoms with Crippen LogP contribution in [0.25, 0.3) is 0 Å². The fourth-order valence-electron chi connectivity index (χ4n) is 1.83. The van der Waals surface area contributed by atoms with Crippen LogP contribution in [0.1, 0.15) is 24.1 Å². The van der Waals surface area contributed by atoms with E-state index in [4.69, 9.17) is 11.6 Å². The fraction of sp³-hybridized carbons (Fsp3) is 0.200. The maximum Gasteiger partial charge on any atom is 0.418 e. The molecule has 1 unspecified atom stereocenters. The Labute approximate surface area is 130 Å². The van der Waals surface area contributed by atoms with Crippen LogP contribution in [-0.4, -0.2) is 11.3 Å². The van der Waals surface area contributed by atoms with E-state index in [9.17, 15) is 18.0 Å². The molecule has 3 nitrogen and oxygen atoms in total. The summed E-state index contributed by atoms with van der Waals surface area (Å²) < 4.78 is 39.0. The van der Waals surface area contributed by atoms with Crippen molar-refractivity contribution in [3.05, 3.63) is 52.8 Å². The van der Waals surface area contributed by atoms with Gasteiger partial charge in [-0.3, -0.25) is 4.98 Å². The van der Waals surface area contributed by atoms with Crippen LogP contribution in [0.3, 0.4) is 0 Å². The molecule has 2 rings (SSSR count). The highest BCUT2D eigenvalue weighted by Crippen LogP contribution is 2.37. The quantitative estimate of drug-likeness (QED) is 0.820. The summed E-state index contributed by atoms with van der Waals surface area (Å²) in [7, 11) is 0. The molecule has 1 aromatic carbocycles. The SMILES string of the molecule is CC(C=O)c1ccc(Nc2ccc(Cl)cc2C(F)(F)F)cn1. The van der Waals surface area contributed by atoms with Crippen LogP contribution >= 0.6 is 11.6 Å². The van der Waals surface area contributed by atoms with Gasteiger partial charge in [0, 0.05) is 5.02 Å².